The Morgan fingerprint density at radius 3 is 3.00 bits per heavy atom. The first-order valence-corrected chi connectivity index (χ1v) is 6.81. The molecule has 3 atom stereocenters. The molecule has 0 aliphatic carbocycles. The predicted octanol–water partition coefficient (Wildman–Crippen LogP) is 0.869. The van der Waals surface area contributed by atoms with E-state index in [1.807, 2.05) is 11.9 Å². The Balaban J connectivity index is 1.88. The Morgan fingerprint density at radius 2 is 2.29 bits per heavy atom. The van der Waals surface area contributed by atoms with Crippen molar-refractivity contribution in [1.29, 1.82) is 0 Å². The fourth-order valence-electron chi connectivity index (χ4n) is 3.06. The van der Waals surface area contributed by atoms with Crippen molar-refractivity contribution < 1.29 is 9.53 Å². The fourth-order valence-corrected chi connectivity index (χ4v) is 3.06. The zero-order valence-corrected chi connectivity index (χ0v) is 10.9. The molecule has 4 heteroatoms. The van der Waals surface area contributed by atoms with Gasteiger partial charge in [-0.25, -0.2) is 0 Å². The SMILES string of the molecule is CCC1OCCC1C(=O)N1CCC(CNC)C1. The van der Waals surface area contributed by atoms with Gasteiger partial charge >= 0.3 is 0 Å². The lowest BCUT2D eigenvalue weighted by Crippen LogP contribution is -2.38. The molecule has 17 heavy (non-hydrogen) atoms. The van der Waals surface area contributed by atoms with Gasteiger partial charge in [-0.1, -0.05) is 6.92 Å². The van der Waals surface area contributed by atoms with Crippen LogP contribution in [0.4, 0.5) is 0 Å². The molecule has 2 aliphatic heterocycles. The summed E-state index contributed by atoms with van der Waals surface area (Å²) in [7, 11) is 1.97. The molecule has 0 saturated carbocycles. The Bertz CT molecular complexity index is 270. The van der Waals surface area contributed by atoms with Crippen molar-refractivity contribution >= 4 is 5.91 Å². The second kappa shape index (κ2) is 5.83. The van der Waals surface area contributed by atoms with Crippen molar-refractivity contribution in [1.82, 2.24) is 10.2 Å². The Morgan fingerprint density at radius 1 is 1.47 bits per heavy atom. The zero-order valence-electron chi connectivity index (χ0n) is 10.9. The molecule has 3 unspecified atom stereocenters. The number of nitrogens with one attached hydrogen (secondary N) is 1. The van der Waals surface area contributed by atoms with Gasteiger partial charge in [0.15, 0.2) is 0 Å². The summed E-state index contributed by atoms with van der Waals surface area (Å²) >= 11 is 0. The second-order valence-corrected chi connectivity index (χ2v) is 5.21. The quantitative estimate of drug-likeness (QED) is 0.793. The fraction of sp³-hybridized carbons (Fsp3) is 0.923. The number of ether oxygens (including phenoxy) is 1. The van der Waals surface area contributed by atoms with E-state index in [1.165, 1.54) is 0 Å². The zero-order chi connectivity index (χ0) is 12.3. The molecule has 0 bridgehead atoms. The molecular formula is C13H24N2O2. The van der Waals surface area contributed by atoms with E-state index in [4.69, 9.17) is 4.74 Å². The third kappa shape index (κ3) is 2.80. The van der Waals surface area contributed by atoms with Gasteiger partial charge in [0.25, 0.3) is 0 Å². The lowest BCUT2D eigenvalue weighted by atomic mass is 9.98. The monoisotopic (exact) mass is 240 g/mol. The van der Waals surface area contributed by atoms with Gasteiger partial charge in [0.05, 0.1) is 12.0 Å². The van der Waals surface area contributed by atoms with Crippen LogP contribution in [0.25, 0.3) is 0 Å². The van der Waals surface area contributed by atoms with Crippen LogP contribution in [0, 0.1) is 11.8 Å². The number of carbonyl (C=O) groups excluding carboxylic acids is 1. The average molecular weight is 240 g/mol. The Kier molecular flexibility index (Phi) is 4.40. The molecule has 0 aromatic heterocycles. The first kappa shape index (κ1) is 12.8. The van der Waals surface area contributed by atoms with Crippen LogP contribution in [-0.4, -0.2) is 50.2 Å². The van der Waals surface area contributed by atoms with Crippen LogP contribution in [0.15, 0.2) is 0 Å². The van der Waals surface area contributed by atoms with Crippen LogP contribution in [0.3, 0.4) is 0 Å². The first-order chi connectivity index (χ1) is 8.26. The maximum Gasteiger partial charge on any atom is 0.228 e. The summed E-state index contributed by atoms with van der Waals surface area (Å²) < 4.78 is 5.61. The molecule has 0 aromatic rings. The highest BCUT2D eigenvalue weighted by atomic mass is 16.5. The van der Waals surface area contributed by atoms with E-state index in [0.717, 1.165) is 45.5 Å². The van der Waals surface area contributed by atoms with Crippen LogP contribution in [0.2, 0.25) is 0 Å². The van der Waals surface area contributed by atoms with Gasteiger partial charge in [-0.05, 0) is 38.8 Å². The molecule has 0 spiro atoms. The van der Waals surface area contributed by atoms with Crippen LogP contribution in [-0.2, 0) is 9.53 Å². The van der Waals surface area contributed by atoms with Crippen molar-refractivity contribution in [2.75, 3.05) is 33.3 Å². The third-order valence-electron chi connectivity index (χ3n) is 4.02. The Labute approximate surface area is 104 Å². The normalized spacial score (nSPS) is 33.3. The van der Waals surface area contributed by atoms with E-state index < -0.39 is 0 Å². The number of carbonyl (C=O) groups is 1. The summed E-state index contributed by atoms with van der Waals surface area (Å²) in [5.74, 6) is 1.08. The minimum absolute atomic E-state index is 0.119. The topological polar surface area (TPSA) is 41.6 Å². The van der Waals surface area contributed by atoms with Crippen LogP contribution in [0.5, 0.6) is 0 Å². The van der Waals surface area contributed by atoms with Gasteiger partial charge in [0, 0.05) is 19.7 Å². The standard InChI is InChI=1S/C13H24N2O2/c1-3-12-11(5-7-17-12)13(16)15-6-4-10(9-15)8-14-2/h10-12,14H,3-9H2,1-2H3. The molecule has 98 valence electrons. The predicted molar refractivity (Wildman–Crippen MR) is 66.8 cm³/mol. The molecule has 0 radical (unpaired) electrons. The van der Waals surface area contributed by atoms with Crippen molar-refractivity contribution in [2.24, 2.45) is 11.8 Å². The van der Waals surface area contributed by atoms with E-state index in [0.29, 0.717) is 11.8 Å². The smallest absolute Gasteiger partial charge is 0.228 e. The highest BCUT2D eigenvalue weighted by Crippen LogP contribution is 2.27. The molecular weight excluding hydrogens is 216 g/mol. The van der Waals surface area contributed by atoms with Gasteiger partial charge in [-0.3, -0.25) is 4.79 Å². The minimum atomic E-state index is 0.119. The summed E-state index contributed by atoms with van der Waals surface area (Å²) in [5, 5.41) is 3.20. The molecule has 1 N–H and O–H groups in total. The average Bonchev–Trinajstić information content (AvgIpc) is 2.96. The Hall–Kier alpha value is -0.610. The lowest BCUT2D eigenvalue weighted by molar-refractivity contribution is -0.136. The number of rotatable bonds is 4. The van der Waals surface area contributed by atoms with Crippen molar-refractivity contribution in [3.8, 4) is 0 Å². The van der Waals surface area contributed by atoms with Gasteiger partial charge in [0.1, 0.15) is 0 Å². The minimum Gasteiger partial charge on any atom is -0.377 e. The van der Waals surface area contributed by atoms with Crippen molar-refractivity contribution in [3.05, 3.63) is 0 Å². The van der Waals surface area contributed by atoms with Crippen LogP contribution < -0.4 is 5.32 Å². The number of nitrogens with zero attached hydrogens (tertiary/aromatic N) is 1. The highest BCUT2D eigenvalue weighted by Gasteiger charge is 2.37. The highest BCUT2D eigenvalue weighted by molar-refractivity contribution is 5.80. The molecule has 2 fully saturated rings. The van der Waals surface area contributed by atoms with Crippen molar-refractivity contribution in [3.63, 3.8) is 0 Å². The van der Waals surface area contributed by atoms with E-state index in [2.05, 4.69) is 12.2 Å². The van der Waals surface area contributed by atoms with Crippen molar-refractivity contribution in [2.45, 2.75) is 32.3 Å². The first-order valence-electron chi connectivity index (χ1n) is 6.81. The van der Waals surface area contributed by atoms with E-state index in [9.17, 15) is 4.79 Å². The van der Waals surface area contributed by atoms with Gasteiger partial charge in [-0.15, -0.1) is 0 Å². The van der Waals surface area contributed by atoms with Crippen LogP contribution in [0.1, 0.15) is 26.2 Å². The number of likely N-dealkylation sites (tertiary alicyclic amines) is 1. The van der Waals surface area contributed by atoms with E-state index >= 15 is 0 Å². The largest absolute Gasteiger partial charge is 0.377 e. The number of hydrogen-bond acceptors (Lipinski definition) is 3. The number of hydrogen-bond donors (Lipinski definition) is 1. The molecule has 1 amide bonds. The summed E-state index contributed by atoms with van der Waals surface area (Å²) in [5.41, 5.74) is 0. The summed E-state index contributed by atoms with van der Waals surface area (Å²) in [6.07, 6.45) is 3.15. The molecule has 0 aromatic carbocycles. The molecule has 2 aliphatic rings. The van der Waals surface area contributed by atoms with Crippen LogP contribution >= 0.6 is 0 Å². The third-order valence-corrected chi connectivity index (χ3v) is 4.02. The molecule has 2 saturated heterocycles. The van der Waals surface area contributed by atoms with Gasteiger partial charge in [0.2, 0.25) is 5.91 Å². The lowest BCUT2D eigenvalue weighted by Gasteiger charge is -2.23. The summed E-state index contributed by atoms with van der Waals surface area (Å²) in [6, 6.07) is 0. The summed E-state index contributed by atoms with van der Waals surface area (Å²) in [6.45, 7) is 5.72. The molecule has 2 heterocycles. The van der Waals surface area contributed by atoms with E-state index in [-0.39, 0.29) is 12.0 Å². The number of amides is 1. The molecule has 2 rings (SSSR count). The van der Waals surface area contributed by atoms with E-state index in [1.54, 1.807) is 0 Å². The van der Waals surface area contributed by atoms with Gasteiger partial charge < -0.3 is 15.0 Å². The maximum absolute atomic E-state index is 12.4. The molecule has 4 nitrogen and oxygen atoms in total. The maximum atomic E-state index is 12.4. The second-order valence-electron chi connectivity index (χ2n) is 5.21. The summed E-state index contributed by atoms with van der Waals surface area (Å²) in [4.78, 5) is 14.4. The van der Waals surface area contributed by atoms with Gasteiger partial charge in [-0.2, -0.15) is 0 Å².